The van der Waals surface area contributed by atoms with Crippen molar-refractivity contribution in [1.29, 1.82) is 0 Å². The van der Waals surface area contributed by atoms with Crippen molar-refractivity contribution in [3.8, 4) is 0 Å². The van der Waals surface area contributed by atoms with Gasteiger partial charge in [0.05, 0.1) is 6.61 Å². The van der Waals surface area contributed by atoms with E-state index in [1.807, 2.05) is 54.6 Å². The Morgan fingerprint density at radius 1 is 1.12 bits per heavy atom. The molecule has 0 N–H and O–H groups in total. The molecule has 1 atom stereocenters. The van der Waals surface area contributed by atoms with E-state index in [1.54, 1.807) is 18.9 Å². The molecule has 0 bridgehead atoms. The number of para-hydroxylation sites is 1. The third-order valence-electron chi connectivity index (χ3n) is 4.57. The van der Waals surface area contributed by atoms with E-state index in [4.69, 9.17) is 4.74 Å². The Hall–Kier alpha value is -2.62. The van der Waals surface area contributed by atoms with E-state index in [-0.39, 0.29) is 12.5 Å². The summed E-state index contributed by atoms with van der Waals surface area (Å²) in [7, 11) is 1.72. The number of rotatable bonds is 4. The Bertz CT molecular complexity index is 756. The van der Waals surface area contributed by atoms with Gasteiger partial charge in [-0.25, -0.2) is 0 Å². The van der Waals surface area contributed by atoms with Gasteiger partial charge in [0, 0.05) is 12.7 Å². The average Bonchev–Trinajstić information content (AvgIpc) is 2.60. The Kier molecular flexibility index (Phi) is 4.38. The standard InChI is InChI=1S/C20H21NO3/c1-3-24-19(23)20(13-15-9-5-4-6-10-15)14-16-11-7-8-12-17(16)21(2)18(20)22/h4-12H,3,13-14H2,1-2H3. The molecule has 1 aliphatic heterocycles. The summed E-state index contributed by atoms with van der Waals surface area (Å²) in [6.45, 7) is 2.02. The molecule has 1 heterocycles. The van der Waals surface area contributed by atoms with Gasteiger partial charge in [-0.2, -0.15) is 0 Å². The molecule has 0 radical (unpaired) electrons. The van der Waals surface area contributed by atoms with E-state index in [2.05, 4.69) is 0 Å². The first-order valence-electron chi connectivity index (χ1n) is 8.15. The third kappa shape index (κ3) is 2.68. The molecule has 4 nitrogen and oxygen atoms in total. The molecule has 124 valence electrons. The second kappa shape index (κ2) is 6.48. The molecule has 0 aliphatic carbocycles. The quantitative estimate of drug-likeness (QED) is 0.642. The number of nitrogens with zero attached hydrogens (tertiary/aromatic N) is 1. The van der Waals surface area contributed by atoms with Crippen LogP contribution in [0.25, 0.3) is 0 Å². The Morgan fingerprint density at radius 2 is 1.79 bits per heavy atom. The minimum atomic E-state index is -1.21. The van der Waals surface area contributed by atoms with Gasteiger partial charge in [0.25, 0.3) is 0 Å². The number of hydrogen-bond acceptors (Lipinski definition) is 3. The highest BCUT2D eigenvalue weighted by Gasteiger charge is 2.52. The number of carbonyl (C=O) groups is 2. The third-order valence-corrected chi connectivity index (χ3v) is 4.57. The normalized spacial score (nSPS) is 19.8. The number of hydrogen-bond donors (Lipinski definition) is 0. The first kappa shape index (κ1) is 16.2. The van der Waals surface area contributed by atoms with Crippen LogP contribution in [0.3, 0.4) is 0 Å². The summed E-state index contributed by atoms with van der Waals surface area (Å²) in [5.41, 5.74) is 1.59. The zero-order valence-corrected chi connectivity index (χ0v) is 14.0. The Morgan fingerprint density at radius 3 is 2.50 bits per heavy atom. The van der Waals surface area contributed by atoms with Crippen molar-refractivity contribution in [2.75, 3.05) is 18.6 Å². The largest absolute Gasteiger partial charge is 0.465 e. The van der Waals surface area contributed by atoms with E-state index in [9.17, 15) is 9.59 Å². The topological polar surface area (TPSA) is 46.6 Å². The van der Waals surface area contributed by atoms with E-state index < -0.39 is 11.4 Å². The first-order valence-corrected chi connectivity index (χ1v) is 8.15. The predicted octanol–water partition coefficient (Wildman–Crippen LogP) is 3.00. The van der Waals surface area contributed by atoms with Gasteiger partial charge in [0.2, 0.25) is 5.91 Å². The van der Waals surface area contributed by atoms with Gasteiger partial charge in [-0.1, -0.05) is 48.5 Å². The van der Waals surface area contributed by atoms with Crippen molar-refractivity contribution in [3.63, 3.8) is 0 Å². The van der Waals surface area contributed by atoms with Gasteiger partial charge in [-0.15, -0.1) is 0 Å². The van der Waals surface area contributed by atoms with Crippen molar-refractivity contribution < 1.29 is 14.3 Å². The lowest BCUT2D eigenvalue weighted by molar-refractivity contribution is -0.160. The van der Waals surface area contributed by atoms with Gasteiger partial charge in [0.15, 0.2) is 5.41 Å². The molecule has 0 fully saturated rings. The lowest BCUT2D eigenvalue weighted by Crippen LogP contribution is -2.54. The van der Waals surface area contributed by atoms with Gasteiger partial charge in [-0.3, -0.25) is 9.59 Å². The van der Waals surface area contributed by atoms with Gasteiger partial charge in [0.1, 0.15) is 0 Å². The molecule has 4 heteroatoms. The number of benzene rings is 2. The van der Waals surface area contributed by atoms with Crippen LogP contribution in [0.5, 0.6) is 0 Å². The second-order valence-electron chi connectivity index (χ2n) is 6.13. The number of amides is 1. The Labute approximate surface area is 142 Å². The highest BCUT2D eigenvalue weighted by atomic mass is 16.5. The summed E-state index contributed by atoms with van der Waals surface area (Å²) in [6, 6.07) is 17.3. The molecule has 1 aliphatic rings. The lowest BCUT2D eigenvalue weighted by atomic mass is 9.72. The van der Waals surface area contributed by atoms with Crippen LogP contribution in [-0.4, -0.2) is 25.5 Å². The van der Waals surface area contributed by atoms with Gasteiger partial charge < -0.3 is 9.64 Å². The van der Waals surface area contributed by atoms with E-state index in [0.717, 1.165) is 16.8 Å². The SMILES string of the molecule is CCOC(=O)C1(Cc2ccccc2)Cc2ccccc2N(C)C1=O. The summed E-state index contributed by atoms with van der Waals surface area (Å²) < 4.78 is 5.30. The molecule has 0 saturated heterocycles. The summed E-state index contributed by atoms with van der Waals surface area (Å²) >= 11 is 0. The van der Waals surface area contributed by atoms with Crippen LogP contribution >= 0.6 is 0 Å². The van der Waals surface area contributed by atoms with Crippen LogP contribution in [0, 0.1) is 5.41 Å². The number of anilines is 1. The van der Waals surface area contributed by atoms with Crippen LogP contribution < -0.4 is 4.90 Å². The molecule has 0 spiro atoms. The maximum atomic E-state index is 13.2. The molecule has 1 amide bonds. The number of ether oxygens (including phenoxy) is 1. The van der Waals surface area contributed by atoms with Crippen LogP contribution in [0.15, 0.2) is 54.6 Å². The molecule has 2 aromatic rings. The molecule has 2 aromatic carbocycles. The summed E-state index contributed by atoms with van der Waals surface area (Å²) in [5.74, 6) is -0.649. The fraction of sp³-hybridized carbons (Fsp3) is 0.300. The molecular weight excluding hydrogens is 302 g/mol. The number of esters is 1. The van der Waals surface area contributed by atoms with Crippen molar-refractivity contribution in [1.82, 2.24) is 0 Å². The van der Waals surface area contributed by atoms with Crippen molar-refractivity contribution in [2.24, 2.45) is 5.41 Å². The lowest BCUT2D eigenvalue weighted by Gasteiger charge is -2.39. The number of carbonyl (C=O) groups excluding carboxylic acids is 2. The highest BCUT2D eigenvalue weighted by molar-refractivity contribution is 6.12. The van der Waals surface area contributed by atoms with Crippen molar-refractivity contribution in [3.05, 3.63) is 65.7 Å². The van der Waals surface area contributed by atoms with Crippen molar-refractivity contribution in [2.45, 2.75) is 19.8 Å². The minimum Gasteiger partial charge on any atom is -0.465 e. The maximum absolute atomic E-state index is 13.2. The zero-order chi connectivity index (χ0) is 17.2. The smallest absolute Gasteiger partial charge is 0.322 e. The second-order valence-corrected chi connectivity index (χ2v) is 6.13. The minimum absolute atomic E-state index is 0.205. The Balaban J connectivity index is 2.08. The summed E-state index contributed by atoms with van der Waals surface area (Å²) in [5, 5.41) is 0. The highest BCUT2D eigenvalue weighted by Crippen LogP contribution is 2.40. The molecule has 24 heavy (non-hydrogen) atoms. The van der Waals surface area contributed by atoms with Crippen LogP contribution in [-0.2, 0) is 27.2 Å². The average molecular weight is 323 g/mol. The number of fused-ring (bicyclic) bond motifs is 1. The van der Waals surface area contributed by atoms with E-state index >= 15 is 0 Å². The summed E-state index contributed by atoms with van der Waals surface area (Å²) in [4.78, 5) is 27.6. The van der Waals surface area contributed by atoms with Crippen LogP contribution in [0.1, 0.15) is 18.1 Å². The van der Waals surface area contributed by atoms with Crippen molar-refractivity contribution >= 4 is 17.6 Å². The molecule has 0 aromatic heterocycles. The van der Waals surface area contributed by atoms with E-state index in [1.165, 1.54) is 0 Å². The summed E-state index contributed by atoms with van der Waals surface area (Å²) in [6.07, 6.45) is 0.699. The molecule has 1 unspecified atom stereocenters. The van der Waals surface area contributed by atoms with Crippen LogP contribution in [0.4, 0.5) is 5.69 Å². The maximum Gasteiger partial charge on any atom is 0.322 e. The van der Waals surface area contributed by atoms with E-state index in [0.29, 0.717) is 12.8 Å². The monoisotopic (exact) mass is 323 g/mol. The molecule has 3 rings (SSSR count). The molecule has 0 saturated carbocycles. The molecular formula is C20H21NO3. The fourth-order valence-electron chi connectivity index (χ4n) is 3.40. The zero-order valence-electron chi connectivity index (χ0n) is 14.0. The predicted molar refractivity (Wildman–Crippen MR) is 92.8 cm³/mol. The van der Waals surface area contributed by atoms with Gasteiger partial charge >= 0.3 is 5.97 Å². The first-order chi connectivity index (χ1) is 11.6. The van der Waals surface area contributed by atoms with Crippen LogP contribution in [0.2, 0.25) is 0 Å². The fourth-order valence-corrected chi connectivity index (χ4v) is 3.40. The van der Waals surface area contributed by atoms with Gasteiger partial charge in [-0.05, 0) is 37.0 Å².